The van der Waals surface area contributed by atoms with Gasteiger partial charge in [0.2, 0.25) is 5.88 Å². The van der Waals surface area contributed by atoms with Crippen molar-refractivity contribution >= 4 is 23.4 Å². The van der Waals surface area contributed by atoms with Crippen molar-refractivity contribution in [2.75, 3.05) is 5.32 Å². The molecule has 0 spiro atoms. The van der Waals surface area contributed by atoms with Gasteiger partial charge in [-0.1, -0.05) is 0 Å². The van der Waals surface area contributed by atoms with Crippen LogP contribution in [0.15, 0.2) is 40.4 Å². The Bertz CT molecular complexity index is 1520. The van der Waals surface area contributed by atoms with E-state index in [1.807, 2.05) is 6.07 Å². The first kappa shape index (κ1) is 18.6. The van der Waals surface area contributed by atoms with Gasteiger partial charge in [-0.25, -0.2) is 14.8 Å². The molecular formula is C20H17N9O2. The average Bonchev–Trinajstić information content (AvgIpc) is 3.45. The summed E-state index contributed by atoms with van der Waals surface area (Å²) in [5.41, 5.74) is 1.43. The van der Waals surface area contributed by atoms with Crippen LogP contribution in [0.5, 0.6) is 5.88 Å². The summed E-state index contributed by atoms with van der Waals surface area (Å²) in [6, 6.07) is 7.43. The van der Waals surface area contributed by atoms with E-state index in [0.717, 1.165) is 17.4 Å². The summed E-state index contributed by atoms with van der Waals surface area (Å²) in [7, 11) is 1.47. The number of aromatic amines is 1. The molecule has 31 heavy (non-hydrogen) atoms. The van der Waals surface area contributed by atoms with Gasteiger partial charge in [0.1, 0.15) is 23.4 Å². The van der Waals surface area contributed by atoms with Gasteiger partial charge in [0, 0.05) is 24.5 Å². The molecule has 4 heterocycles. The minimum atomic E-state index is -0.424. The number of rotatable bonds is 4. The maximum absolute atomic E-state index is 11.8. The minimum absolute atomic E-state index is 0.177. The highest BCUT2D eigenvalue weighted by molar-refractivity contribution is 5.60. The van der Waals surface area contributed by atoms with Gasteiger partial charge in [-0.15, -0.1) is 0 Å². The van der Waals surface area contributed by atoms with Gasteiger partial charge in [-0.05, 0) is 31.1 Å². The molecule has 0 unspecified atom stereocenters. The molecule has 0 aromatic carbocycles. The van der Waals surface area contributed by atoms with Crippen molar-refractivity contribution in [1.29, 1.82) is 5.26 Å². The number of hydrogen-bond acceptors (Lipinski definition) is 8. The summed E-state index contributed by atoms with van der Waals surface area (Å²) >= 11 is 0. The van der Waals surface area contributed by atoms with Crippen LogP contribution < -0.4 is 21.7 Å². The largest absolute Gasteiger partial charge is 0.493 e. The number of nitrogens with zero attached hydrogens (tertiary/aromatic N) is 7. The molecule has 154 valence electrons. The molecule has 3 N–H and O–H groups in total. The predicted molar refractivity (Wildman–Crippen MR) is 110 cm³/mol. The topological polar surface area (TPSA) is 149 Å². The SMILES string of the molecule is Cn1c(O)c(C=c2cnn3c(=NC4CC4)cc(Nc4ccc(C#N)cn4)nc23)[nH]c1=O. The molecule has 4 aromatic heterocycles. The first-order chi connectivity index (χ1) is 15.0. The Morgan fingerprint density at radius 3 is 2.84 bits per heavy atom. The summed E-state index contributed by atoms with van der Waals surface area (Å²) in [6.45, 7) is 0. The van der Waals surface area contributed by atoms with Gasteiger partial charge in [0.05, 0.1) is 17.8 Å². The number of aromatic hydroxyl groups is 1. The van der Waals surface area contributed by atoms with E-state index in [0.29, 0.717) is 33.6 Å². The van der Waals surface area contributed by atoms with Crippen LogP contribution in [0.25, 0.3) is 11.7 Å². The van der Waals surface area contributed by atoms with Crippen molar-refractivity contribution in [3.8, 4) is 11.9 Å². The minimum Gasteiger partial charge on any atom is -0.493 e. The molecule has 11 heteroatoms. The third-order valence-electron chi connectivity index (χ3n) is 4.90. The van der Waals surface area contributed by atoms with Crippen LogP contribution in [0.4, 0.5) is 11.6 Å². The highest BCUT2D eigenvalue weighted by Crippen LogP contribution is 2.22. The van der Waals surface area contributed by atoms with Gasteiger partial charge >= 0.3 is 5.69 Å². The van der Waals surface area contributed by atoms with Crippen LogP contribution in [0, 0.1) is 11.3 Å². The van der Waals surface area contributed by atoms with Crippen LogP contribution >= 0.6 is 0 Å². The second-order valence-electron chi connectivity index (χ2n) is 7.23. The quantitative estimate of drug-likeness (QED) is 0.427. The molecule has 0 amide bonds. The summed E-state index contributed by atoms with van der Waals surface area (Å²) in [5.74, 6) is 0.858. The number of fused-ring (bicyclic) bond motifs is 1. The number of anilines is 2. The van der Waals surface area contributed by atoms with Crippen molar-refractivity contribution in [2.24, 2.45) is 12.0 Å². The molecule has 1 aliphatic rings. The van der Waals surface area contributed by atoms with Crippen molar-refractivity contribution in [3.05, 3.63) is 63.0 Å². The van der Waals surface area contributed by atoms with E-state index in [1.165, 1.54) is 13.2 Å². The van der Waals surface area contributed by atoms with E-state index in [-0.39, 0.29) is 17.6 Å². The van der Waals surface area contributed by atoms with E-state index < -0.39 is 5.69 Å². The summed E-state index contributed by atoms with van der Waals surface area (Å²) in [6.07, 6.45) is 6.74. The summed E-state index contributed by atoms with van der Waals surface area (Å²) in [4.78, 5) is 27.9. The summed E-state index contributed by atoms with van der Waals surface area (Å²) < 4.78 is 2.74. The number of H-pyrrole nitrogens is 1. The van der Waals surface area contributed by atoms with Gasteiger partial charge in [0.15, 0.2) is 11.1 Å². The molecular weight excluding hydrogens is 398 g/mol. The Kier molecular flexibility index (Phi) is 4.25. The van der Waals surface area contributed by atoms with Crippen LogP contribution in [0.2, 0.25) is 0 Å². The van der Waals surface area contributed by atoms with Crippen molar-refractivity contribution in [3.63, 3.8) is 0 Å². The third kappa shape index (κ3) is 3.51. The molecule has 11 nitrogen and oxygen atoms in total. The molecule has 0 saturated heterocycles. The van der Waals surface area contributed by atoms with Crippen LogP contribution in [-0.2, 0) is 7.05 Å². The van der Waals surface area contributed by atoms with Crippen LogP contribution in [0.1, 0.15) is 24.1 Å². The normalized spacial score (nSPS) is 14.8. The Morgan fingerprint density at radius 2 is 2.19 bits per heavy atom. The molecule has 0 bridgehead atoms. The summed E-state index contributed by atoms with van der Waals surface area (Å²) in [5, 5.41) is 27.2. The van der Waals surface area contributed by atoms with E-state index >= 15 is 0 Å². The first-order valence-electron chi connectivity index (χ1n) is 9.57. The Morgan fingerprint density at radius 1 is 1.35 bits per heavy atom. The molecule has 0 aliphatic heterocycles. The standard InChI is InChI=1S/C20H17N9O2/c1-28-19(30)14(25-20(28)31)6-12-10-23-29-17(24-13-3-4-13)7-16(27-18(12)29)26-15-5-2-11(8-21)9-22-15/h2,5-7,9-10,13,30H,3-4H2,1H3,(H,22,26)(H,25,31). The zero-order valence-electron chi connectivity index (χ0n) is 16.4. The average molecular weight is 415 g/mol. The van der Waals surface area contributed by atoms with Gasteiger partial charge in [-0.2, -0.15) is 14.9 Å². The molecule has 0 radical (unpaired) electrons. The number of nitriles is 1. The number of aromatic nitrogens is 6. The Balaban J connectivity index is 1.66. The molecule has 1 saturated carbocycles. The Labute approximate surface area is 174 Å². The lowest BCUT2D eigenvalue weighted by Crippen LogP contribution is -2.20. The van der Waals surface area contributed by atoms with E-state index in [1.54, 1.807) is 35.0 Å². The molecule has 4 aromatic rings. The fraction of sp³-hybridized carbons (Fsp3) is 0.200. The van der Waals surface area contributed by atoms with Gasteiger partial charge < -0.3 is 15.4 Å². The molecule has 5 rings (SSSR count). The lowest BCUT2D eigenvalue weighted by Gasteiger charge is -2.05. The van der Waals surface area contributed by atoms with Crippen molar-refractivity contribution in [2.45, 2.75) is 18.9 Å². The number of imidazole rings is 1. The molecule has 0 atom stereocenters. The van der Waals surface area contributed by atoms with Crippen LogP contribution in [0.3, 0.4) is 0 Å². The number of nitrogens with one attached hydrogen (secondary N) is 2. The lowest BCUT2D eigenvalue weighted by molar-refractivity contribution is 0.428. The highest BCUT2D eigenvalue weighted by Gasteiger charge is 2.20. The first-order valence-corrected chi connectivity index (χ1v) is 9.57. The molecule has 1 aliphatic carbocycles. The second kappa shape index (κ2) is 7.10. The number of hydrogen-bond donors (Lipinski definition) is 3. The van der Waals surface area contributed by atoms with Crippen molar-refractivity contribution in [1.82, 2.24) is 29.1 Å². The van der Waals surface area contributed by atoms with Gasteiger partial charge in [-0.3, -0.25) is 9.56 Å². The smallest absolute Gasteiger partial charge is 0.328 e. The molecule has 1 fully saturated rings. The maximum atomic E-state index is 11.8. The van der Waals surface area contributed by atoms with Crippen molar-refractivity contribution < 1.29 is 5.11 Å². The monoisotopic (exact) mass is 415 g/mol. The number of pyridine rings is 1. The van der Waals surface area contributed by atoms with E-state index in [2.05, 4.69) is 25.4 Å². The predicted octanol–water partition coefficient (Wildman–Crippen LogP) is 0.0828. The Hall–Kier alpha value is -4.46. The maximum Gasteiger partial charge on any atom is 0.328 e. The lowest BCUT2D eigenvalue weighted by atomic mass is 10.3. The zero-order valence-corrected chi connectivity index (χ0v) is 16.4. The fourth-order valence-corrected chi connectivity index (χ4v) is 3.07. The van der Waals surface area contributed by atoms with Crippen LogP contribution in [-0.4, -0.2) is 40.3 Å². The zero-order chi connectivity index (χ0) is 21.5. The van der Waals surface area contributed by atoms with Gasteiger partial charge in [0.25, 0.3) is 0 Å². The third-order valence-corrected chi connectivity index (χ3v) is 4.90. The van der Waals surface area contributed by atoms with E-state index in [9.17, 15) is 9.90 Å². The fourth-order valence-electron chi connectivity index (χ4n) is 3.07. The highest BCUT2D eigenvalue weighted by atomic mass is 16.3. The van der Waals surface area contributed by atoms with E-state index in [4.69, 9.17) is 10.3 Å². The second-order valence-corrected chi connectivity index (χ2v) is 7.23.